The second-order valence-corrected chi connectivity index (χ2v) is 7.94. The van der Waals surface area contributed by atoms with E-state index in [1.165, 1.54) is 25.2 Å². The third kappa shape index (κ3) is 2.89. The lowest BCUT2D eigenvalue weighted by Gasteiger charge is -2.31. The van der Waals surface area contributed by atoms with Gasteiger partial charge in [-0.1, -0.05) is 20.8 Å². The van der Waals surface area contributed by atoms with E-state index in [1.807, 2.05) is 12.3 Å². The van der Waals surface area contributed by atoms with Gasteiger partial charge in [0.2, 0.25) is 0 Å². The van der Waals surface area contributed by atoms with Gasteiger partial charge in [-0.25, -0.2) is 9.97 Å². The van der Waals surface area contributed by atoms with Crippen LogP contribution in [0.1, 0.15) is 59.5 Å². The molecule has 1 fully saturated rings. The number of pyridine rings is 1. The number of nitrogens with zero attached hydrogens (tertiary/aromatic N) is 4. The maximum Gasteiger partial charge on any atom is 0.161 e. The van der Waals surface area contributed by atoms with Gasteiger partial charge in [0.15, 0.2) is 5.65 Å². The van der Waals surface area contributed by atoms with Crippen molar-refractivity contribution in [3.8, 4) is 0 Å². The molecule has 0 aromatic carbocycles. The first kappa shape index (κ1) is 15.5. The van der Waals surface area contributed by atoms with Crippen molar-refractivity contribution in [2.45, 2.75) is 66.1 Å². The molecule has 4 nitrogen and oxygen atoms in total. The van der Waals surface area contributed by atoms with E-state index in [2.05, 4.69) is 55.1 Å². The Morgan fingerprint density at radius 3 is 2.77 bits per heavy atom. The van der Waals surface area contributed by atoms with Crippen molar-refractivity contribution < 1.29 is 0 Å². The van der Waals surface area contributed by atoms with Crippen LogP contribution in [0.3, 0.4) is 0 Å². The molecule has 0 spiro atoms. The Morgan fingerprint density at radius 2 is 2.09 bits per heavy atom. The monoisotopic (exact) mass is 300 g/mol. The van der Waals surface area contributed by atoms with Gasteiger partial charge in [-0.05, 0) is 44.2 Å². The summed E-state index contributed by atoms with van der Waals surface area (Å²) in [6, 6.07) is 4.62. The third-order valence-corrected chi connectivity index (χ3v) is 4.43. The lowest BCUT2D eigenvalue weighted by Crippen LogP contribution is -2.34. The molecule has 0 saturated carbocycles. The Balaban J connectivity index is 2.11. The maximum absolute atomic E-state index is 4.91. The summed E-state index contributed by atoms with van der Waals surface area (Å²) in [5.41, 5.74) is 2.29. The van der Waals surface area contributed by atoms with Crippen LogP contribution in [-0.4, -0.2) is 32.0 Å². The van der Waals surface area contributed by atoms with Crippen molar-refractivity contribution in [3.05, 3.63) is 24.2 Å². The first-order valence-corrected chi connectivity index (χ1v) is 8.44. The van der Waals surface area contributed by atoms with Crippen molar-refractivity contribution in [3.63, 3.8) is 0 Å². The summed E-state index contributed by atoms with van der Waals surface area (Å²) in [4.78, 5) is 12.1. The Kier molecular flexibility index (Phi) is 3.98. The van der Waals surface area contributed by atoms with Crippen LogP contribution < -0.4 is 0 Å². The molecule has 22 heavy (non-hydrogen) atoms. The topological polar surface area (TPSA) is 34.0 Å². The number of imidazole rings is 1. The molecule has 2 aromatic rings. The van der Waals surface area contributed by atoms with E-state index in [9.17, 15) is 0 Å². The van der Waals surface area contributed by atoms with Crippen molar-refractivity contribution >= 4 is 11.2 Å². The number of likely N-dealkylation sites (tertiary alicyclic amines) is 1. The highest BCUT2D eigenvalue weighted by atomic mass is 15.4. The largest absolute Gasteiger partial charge is 0.296 e. The van der Waals surface area contributed by atoms with Gasteiger partial charge in [0.25, 0.3) is 0 Å². The minimum Gasteiger partial charge on any atom is -0.296 e. The van der Waals surface area contributed by atoms with Gasteiger partial charge in [0, 0.05) is 25.2 Å². The SMILES string of the molecule is CC(C)N1CCCC1n1c(CC(C)(C)C)nc2cccnc21. The molecule has 2 aromatic heterocycles. The van der Waals surface area contributed by atoms with Crippen LogP contribution in [0.25, 0.3) is 11.2 Å². The van der Waals surface area contributed by atoms with Gasteiger partial charge in [-0.3, -0.25) is 9.47 Å². The highest BCUT2D eigenvalue weighted by Crippen LogP contribution is 2.34. The molecule has 0 amide bonds. The molecule has 120 valence electrons. The van der Waals surface area contributed by atoms with Gasteiger partial charge < -0.3 is 0 Å². The molecular formula is C18H28N4. The summed E-state index contributed by atoms with van der Waals surface area (Å²) < 4.78 is 2.41. The van der Waals surface area contributed by atoms with E-state index in [1.54, 1.807) is 0 Å². The fraction of sp³-hybridized carbons (Fsp3) is 0.667. The van der Waals surface area contributed by atoms with Crippen molar-refractivity contribution in [2.24, 2.45) is 5.41 Å². The number of aromatic nitrogens is 3. The Hall–Kier alpha value is -1.42. The summed E-state index contributed by atoms with van der Waals surface area (Å²) in [5.74, 6) is 1.18. The van der Waals surface area contributed by atoms with E-state index >= 15 is 0 Å². The fourth-order valence-electron chi connectivity index (χ4n) is 3.54. The summed E-state index contributed by atoms with van der Waals surface area (Å²) in [6.07, 6.45) is 5.71. The van der Waals surface area contributed by atoms with Crippen LogP contribution in [-0.2, 0) is 6.42 Å². The molecular weight excluding hydrogens is 272 g/mol. The van der Waals surface area contributed by atoms with Crippen LogP contribution in [0.2, 0.25) is 0 Å². The Morgan fingerprint density at radius 1 is 1.32 bits per heavy atom. The second kappa shape index (κ2) is 5.65. The third-order valence-electron chi connectivity index (χ3n) is 4.43. The van der Waals surface area contributed by atoms with E-state index in [4.69, 9.17) is 4.98 Å². The van der Waals surface area contributed by atoms with Gasteiger partial charge in [-0.2, -0.15) is 0 Å². The van der Waals surface area contributed by atoms with Crippen molar-refractivity contribution in [1.82, 2.24) is 19.4 Å². The molecule has 0 N–H and O–H groups in total. The molecule has 3 rings (SSSR count). The van der Waals surface area contributed by atoms with E-state index < -0.39 is 0 Å². The van der Waals surface area contributed by atoms with Crippen LogP contribution >= 0.6 is 0 Å². The number of fused-ring (bicyclic) bond motifs is 1. The molecule has 0 radical (unpaired) electrons. The number of rotatable bonds is 3. The predicted molar refractivity (Wildman–Crippen MR) is 90.8 cm³/mol. The van der Waals surface area contributed by atoms with Gasteiger partial charge >= 0.3 is 0 Å². The first-order chi connectivity index (χ1) is 10.4. The van der Waals surface area contributed by atoms with Crippen LogP contribution in [0.15, 0.2) is 18.3 Å². The van der Waals surface area contributed by atoms with Crippen LogP contribution in [0.5, 0.6) is 0 Å². The second-order valence-electron chi connectivity index (χ2n) is 7.94. The van der Waals surface area contributed by atoms with Crippen LogP contribution in [0, 0.1) is 5.41 Å². The molecule has 1 saturated heterocycles. The minimum atomic E-state index is 0.223. The Labute approximate surface area is 133 Å². The molecule has 4 heteroatoms. The molecule has 1 unspecified atom stereocenters. The predicted octanol–water partition coefficient (Wildman–Crippen LogP) is 4.02. The quantitative estimate of drug-likeness (QED) is 0.858. The van der Waals surface area contributed by atoms with Gasteiger partial charge in [0.1, 0.15) is 11.3 Å². The van der Waals surface area contributed by atoms with E-state index in [0.717, 1.165) is 17.6 Å². The highest BCUT2D eigenvalue weighted by Gasteiger charge is 2.32. The lowest BCUT2D eigenvalue weighted by atomic mass is 9.92. The lowest BCUT2D eigenvalue weighted by molar-refractivity contribution is 0.150. The average Bonchev–Trinajstić information content (AvgIpc) is 2.99. The summed E-state index contributed by atoms with van der Waals surface area (Å²) in [7, 11) is 0. The van der Waals surface area contributed by atoms with E-state index in [-0.39, 0.29) is 5.41 Å². The van der Waals surface area contributed by atoms with Gasteiger partial charge in [-0.15, -0.1) is 0 Å². The zero-order chi connectivity index (χ0) is 15.9. The fourth-order valence-corrected chi connectivity index (χ4v) is 3.54. The van der Waals surface area contributed by atoms with Crippen molar-refractivity contribution in [2.75, 3.05) is 6.54 Å². The highest BCUT2D eigenvalue weighted by molar-refractivity contribution is 5.71. The van der Waals surface area contributed by atoms with E-state index in [0.29, 0.717) is 12.2 Å². The molecule has 1 aliphatic heterocycles. The maximum atomic E-state index is 4.91. The van der Waals surface area contributed by atoms with Crippen molar-refractivity contribution in [1.29, 1.82) is 0 Å². The molecule has 1 atom stereocenters. The van der Waals surface area contributed by atoms with Crippen LogP contribution in [0.4, 0.5) is 0 Å². The first-order valence-electron chi connectivity index (χ1n) is 8.44. The number of hydrogen-bond acceptors (Lipinski definition) is 3. The standard InChI is InChI=1S/C18H28N4/c1-13(2)21-11-7-9-16(21)22-15(12-18(3,4)5)20-14-8-6-10-19-17(14)22/h6,8,10,13,16H,7,9,11-12H2,1-5H3. The van der Waals surface area contributed by atoms with Gasteiger partial charge in [0.05, 0.1) is 6.17 Å². The normalized spacial score (nSPS) is 20.4. The molecule has 1 aliphatic rings. The summed E-state index contributed by atoms with van der Waals surface area (Å²) in [6.45, 7) is 12.6. The molecule has 0 aliphatic carbocycles. The molecule has 0 bridgehead atoms. The minimum absolute atomic E-state index is 0.223. The average molecular weight is 300 g/mol. The Bertz CT molecular complexity index is 651. The number of hydrogen-bond donors (Lipinski definition) is 0. The summed E-state index contributed by atoms with van der Waals surface area (Å²) in [5, 5.41) is 0. The smallest absolute Gasteiger partial charge is 0.161 e. The zero-order valence-electron chi connectivity index (χ0n) is 14.5. The zero-order valence-corrected chi connectivity index (χ0v) is 14.5. The molecule has 3 heterocycles. The summed E-state index contributed by atoms with van der Waals surface area (Å²) >= 11 is 0.